The van der Waals surface area contributed by atoms with Crippen LogP contribution in [0.2, 0.25) is 0 Å². The summed E-state index contributed by atoms with van der Waals surface area (Å²) < 4.78 is 0. The molecule has 1 atom stereocenters. The van der Waals surface area contributed by atoms with Gasteiger partial charge in [-0.1, -0.05) is 18.2 Å². The second-order valence-electron chi connectivity index (χ2n) is 3.37. The molecule has 1 aliphatic rings. The molecule has 2 rings (SSSR count). The summed E-state index contributed by atoms with van der Waals surface area (Å²) in [5.74, 6) is -0.0681. The molecule has 0 saturated carbocycles. The first kappa shape index (κ1) is 8.76. The van der Waals surface area contributed by atoms with Gasteiger partial charge in [0.1, 0.15) is 6.04 Å². The number of benzene rings is 1. The van der Waals surface area contributed by atoms with E-state index in [1.54, 1.807) is 4.90 Å². The van der Waals surface area contributed by atoms with Crippen LogP contribution < -0.4 is 4.90 Å². The molecule has 1 amide bonds. The lowest BCUT2D eigenvalue weighted by molar-refractivity contribution is -0.116. The van der Waals surface area contributed by atoms with Crippen LogP contribution in [0.3, 0.4) is 0 Å². The van der Waals surface area contributed by atoms with E-state index in [1.807, 2.05) is 24.3 Å². The fourth-order valence-corrected chi connectivity index (χ4v) is 1.88. The molecule has 0 bridgehead atoms. The minimum atomic E-state index is -0.329. The van der Waals surface area contributed by atoms with Gasteiger partial charge in [0.25, 0.3) is 0 Å². The van der Waals surface area contributed by atoms with Gasteiger partial charge in [-0.3, -0.25) is 9.69 Å². The fraction of sp³-hybridized carbons (Fsp3) is 0.273. The summed E-state index contributed by atoms with van der Waals surface area (Å²) in [4.78, 5) is 12.9. The molecule has 70 valence electrons. The van der Waals surface area contributed by atoms with Gasteiger partial charge in [0.15, 0.2) is 0 Å². The molecule has 1 aromatic carbocycles. The van der Waals surface area contributed by atoms with Gasteiger partial charge in [0, 0.05) is 19.0 Å². The van der Waals surface area contributed by atoms with Gasteiger partial charge in [-0.05, 0) is 11.6 Å². The first-order chi connectivity index (χ1) is 6.74. The van der Waals surface area contributed by atoms with Crippen LogP contribution in [0.5, 0.6) is 0 Å². The molecule has 14 heavy (non-hydrogen) atoms. The van der Waals surface area contributed by atoms with E-state index in [0.29, 0.717) is 6.42 Å². The number of nitrogens with zero attached hydrogens (tertiary/aromatic N) is 2. The summed E-state index contributed by atoms with van der Waals surface area (Å²) in [5.41, 5.74) is 1.96. The molecule has 1 aromatic rings. The van der Waals surface area contributed by atoms with Crippen LogP contribution in [0, 0.1) is 11.3 Å². The van der Waals surface area contributed by atoms with E-state index in [2.05, 4.69) is 6.07 Å². The van der Waals surface area contributed by atoms with Crippen molar-refractivity contribution in [3.05, 3.63) is 29.8 Å². The quantitative estimate of drug-likeness (QED) is 0.616. The fourth-order valence-electron chi connectivity index (χ4n) is 1.88. The molecule has 0 aliphatic carbocycles. The number of rotatable bonds is 0. The smallest absolute Gasteiger partial charge is 0.225 e. The second kappa shape index (κ2) is 3.15. The van der Waals surface area contributed by atoms with Crippen molar-refractivity contribution >= 4 is 11.6 Å². The normalized spacial score (nSPS) is 18.9. The molecule has 0 saturated heterocycles. The van der Waals surface area contributed by atoms with Crippen molar-refractivity contribution in [3.63, 3.8) is 0 Å². The third kappa shape index (κ3) is 1.16. The molecule has 0 fully saturated rings. The maximum atomic E-state index is 11.4. The van der Waals surface area contributed by atoms with E-state index in [0.717, 1.165) is 11.3 Å². The number of amides is 1. The van der Waals surface area contributed by atoms with E-state index in [4.69, 9.17) is 5.26 Å². The summed E-state index contributed by atoms with van der Waals surface area (Å²) in [6.07, 6.45) is 0.645. The summed E-state index contributed by atoms with van der Waals surface area (Å²) in [6, 6.07) is 9.47. The Hall–Kier alpha value is -1.82. The zero-order chi connectivity index (χ0) is 10.1. The van der Waals surface area contributed by atoms with Crippen LogP contribution in [-0.2, 0) is 11.2 Å². The Bertz CT molecular complexity index is 420. The molecule has 1 heterocycles. The van der Waals surface area contributed by atoms with Crippen molar-refractivity contribution in [2.75, 3.05) is 4.90 Å². The van der Waals surface area contributed by atoms with Crippen LogP contribution in [0.1, 0.15) is 12.5 Å². The summed E-state index contributed by atoms with van der Waals surface area (Å²) in [5, 5.41) is 8.91. The third-order valence-electron chi connectivity index (χ3n) is 2.46. The van der Waals surface area contributed by atoms with Crippen molar-refractivity contribution < 1.29 is 4.79 Å². The maximum absolute atomic E-state index is 11.4. The lowest BCUT2D eigenvalue weighted by Gasteiger charge is -2.18. The molecule has 3 nitrogen and oxygen atoms in total. The Morgan fingerprint density at radius 3 is 2.93 bits per heavy atom. The highest BCUT2D eigenvalue weighted by Gasteiger charge is 2.31. The molecule has 0 N–H and O–H groups in total. The average Bonchev–Trinajstić information content (AvgIpc) is 2.55. The van der Waals surface area contributed by atoms with Crippen LogP contribution in [0.15, 0.2) is 24.3 Å². The molecule has 1 aliphatic heterocycles. The van der Waals surface area contributed by atoms with Gasteiger partial charge in [-0.15, -0.1) is 0 Å². The zero-order valence-corrected chi connectivity index (χ0v) is 7.90. The Kier molecular flexibility index (Phi) is 1.97. The van der Waals surface area contributed by atoms with Crippen molar-refractivity contribution in [1.82, 2.24) is 0 Å². The molecule has 0 aromatic heterocycles. The number of fused-ring (bicyclic) bond motifs is 1. The van der Waals surface area contributed by atoms with Crippen LogP contribution in [0.25, 0.3) is 0 Å². The highest BCUT2D eigenvalue weighted by molar-refractivity contribution is 5.95. The Morgan fingerprint density at radius 2 is 2.29 bits per heavy atom. The van der Waals surface area contributed by atoms with Crippen molar-refractivity contribution in [1.29, 1.82) is 5.26 Å². The van der Waals surface area contributed by atoms with E-state index in [-0.39, 0.29) is 11.9 Å². The van der Waals surface area contributed by atoms with E-state index >= 15 is 0 Å². The Morgan fingerprint density at radius 1 is 1.57 bits per heavy atom. The predicted molar refractivity (Wildman–Crippen MR) is 52.7 cm³/mol. The number of carbonyl (C=O) groups excluding carboxylic acids is 1. The number of para-hydroxylation sites is 1. The monoisotopic (exact) mass is 186 g/mol. The second-order valence-corrected chi connectivity index (χ2v) is 3.37. The minimum Gasteiger partial charge on any atom is -0.296 e. The minimum absolute atomic E-state index is 0.0681. The molecule has 0 spiro atoms. The standard InChI is InChI=1S/C11H10N2O/c1-8(14)13-10(7-12)6-9-4-2-3-5-11(9)13/h2-5,10H,6H2,1H3/t10-/m0/s1. The summed E-state index contributed by atoms with van der Waals surface area (Å²) in [6.45, 7) is 1.49. The molecule has 3 heteroatoms. The zero-order valence-electron chi connectivity index (χ0n) is 7.90. The number of nitriles is 1. The van der Waals surface area contributed by atoms with Crippen LogP contribution in [-0.4, -0.2) is 11.9 Å². The number of hydrogen-bond acceptors (Lipinski definition) is 2. The van der Waals surface area contributed by atoms with Crippen molar-refractivity contribution in [2.45, 2.75) is 19.4 Å². The lowest BCUT2D eigenvalue weighted by atomic mass is 10.1. The van der Waals surface area contributed by atoms with Crippen LogP contribution >= 0.6 is 0 Å². The lowest BCUT2D eigenvalue weighted by Crippen LogP contribution is -2.34. The molecular weight excluding hydrogens is 176 g/mol. The number of anilines is 1. The van der Waals surface area contributed by atoms with Crippen LogP contribution in [0.4, 0.5) is 5.69 Å². The highest BCUT2D eigenvalue weighted by Crippen LogP contribution is 2.31. The van der Waals surface area contributed by atoms with Gasteiger partial charge >= 0.3 is 0 Å². The van der Waals surface area contributed by atoms with Gasteiger partial charge < -0.3 is 0 Å². The van der Waals surface area contributed by atoms with Crippen molar-refractivity contribution in [2.24, 2.45) is 0 Å². The van der Waals surface area contributed by atoms with Gasteiger partial charge in [0.2, 0.25) is 5.91 Å². The summed E-state index contributed by atoms with van der Waals surface area (Å²) >= 11 is 0. The number of hydrogen-bond donors (Lipinski definition) is 0. The van der Waals surface area contributed by atoms with Crippen molar-refractivity contribution in [3.8, 4) is 6.07 Å². The average molecular weight is 186 g/mol. The largest absolute Gasteiger partial charge is 0.296 e. The van der Waals surface area contributed by atoms with E-state index in [1.165, 1.54) is 6.92 Å². The molecule has 0 radical (unpaired) electrons. The maximum Gasteiger partial charge on any atom is 0.225 e. The predicted octanol–water partition coefficient (Wildman–Crippen LogP) is 1.49. The third-order valence-corrected chi connectivity index (χ3v) is 2.46. The number of carbonyl (C=O) groups is 1. The van der Waals surface area contributed by atoms with Gasteiger partial charge in [0.05, 0.1) is 6.07 Å². The van der Waals surface area contributed by atoms with E-state index < -0.39 is 0 Å². The van der Waals surface area contributed by atoms with Gasteiger partial charge in [-0.2, -0.15) is 5.26 Å². The highest BCUT2D eigenvalue weighted by atomic mass is 16.2. The first-order valence-corrected chi connectivity index (χ1v) is 4.51. The molecule has 0 unspecified atom stereocenters. The molecular formula is C11H10N2O. The SMILES string of the molecule is CC(=O)N1c2ccccc2C[C@H]1C#N. The Balaban J connectivity index is 2.48. The first-order valence-electron chi connectivity index (χ1n) is 4.51. The van der Waals surface area contributed by atoms with Gasteiger partial charge in [-0.25, -0.2) is 0 Å². The Labute approximate surface area is 82.6 Å². The summed E-state index contributed by atoms with van der Waals surface area (Å²) in [7, 11) is 0. The van der Waals surface area contributed by atoms with E-state index in [9.17, 15) is 4.79 Å². The topological polar surface area (TPSA) is 44.1 Å².